The van der Waals surface area contributed by atoms with Gasteiger partial charge in [0.1, 0.15) is 6.04 Å². The van der Waals surface area contributed by atoms with Gasteiger partial charge in [-0.1, -0.05) is 55.0 Å². The van der Waals surface area contributed by atoms with E-state index in [2.05, 4.69) is 22.0 Å². The van der Waals surface area contributed by atoms with Crippen molar-refractivity contribution in [3.8, 4) is 0 Å². The zero-order chi connectivity index (χ0) is 17.6. The van der Waals surface area contributed by atoms with E-state index in [9.17, 15) is 4.79 Å². The molecule has 1 aliphatic heterocycles. The number of carbonyl (C=O) groups is 1. The number of carbonyl (C=O) groups excluding carboxylic acids is 1. The van der Waals surface area contributed by atoms with Crippen molar-refractivity contribution in [1.29, 1.82) is 0 Å². The van der Waals surface area contributed by atoms with E-state index in [1.807, 2.05) is 61.5 Å². The lowest BCUT2D eigenvalue weighted by atomic mass is 10.0. The molecule has 25 heavy (non-hydrogen) atoms. The minimum atomic E-state index is -0.249. The number of aryl methyl sites for hydroxylation is 1. The molecule has 0 bridgehead atoms. The fraction of sp³-hybridized carbons (Fsp3) is 0.381. The molecule has 1 saturated heterocycles. The molecule has 4 heteroatoms. The van der Waals surface area contributed by atoms with Gasteiger partial charge in [-0.3, -0.25) is 9.69 Å². The molecule has 0 aliphatic carbocycles. The van der Waals surface area contributed by atoms with Crippen LogP contribution in [0.2, 0.25) is 0 Å². The summed E-state index contributed by atoms with van der Waals surface area (Å²) >= 11 is 0. The molecule has 132 valence electrons. The van der Waals surface area contributed by atoms with Crippen molar-refractivity contribution >= 4 is 11.6 Å². The summed E-state index contributed by atoms with van der Waals surface area (Å²) in [6, 6.07) is 17.8. The van der Waals surface area contributed by atoms with Gasteiger partial charge in [-0.25, -0.2) is 0 Å². The van der Waals surface area contributed by atoms with Gasteiger partial charge in [0.15, 0.2) is 0 Å². The van der Waals surface area contributed by atoms with Crippen molar-refractivity contribution in [3.63, 3.8) is 0 Å². The van der Waals surface area contributed by atoms with E-state index in [1.165, 1.54) is 5.56 Å². The number of rotatable bonds is 5. The summed E-state index contributed by atoms with van der Waals surface area (Å²) in [7, 11) is 0. The van der Waals surface area contributed by atoms with E-state index < -0.39 is 0 Å². The standard InChI is InChI=1S/C21H27N3O/c1-3-23-13-15-24(16-14-23)20(18-7-5-4-6-8-18)21(25)22-19-11-9-17(2)10-12-19/h4-12,20H,3,13-16H2,1-2H3,(H,22,25)/t20-/m1/s1. The molecule has 0 radical (unpaired) electrons. The molecule has 1 aliphatic rings. The predicted molar refractivity (Wildman–Crippen MR) is 103 cm³/mol. The molecular formula is C21H27N3O. The third-order valence-corrected chi connectivity index (χ3v) is 4.90. The zero-order valence-corrected chi connectivity index (χ0v) is 15.1. The highest BCUT2D eigenvalue weighted by Crippen LogP contribution is 2.24. The Balaban J connectivity index is 1.78. The Hall–Kier alpha value is -2.17. The summed E-state index contributed by atoms with van der Waals surface area (Å²) in [5.74, 6) is 0.0417. The Bertz CT molecular complexity index is 676. The lowest BCUT2D eigenvalue weighted by molar-refractivity contribution is -0.122. The Morgan fingerprint density at radius 3 is 2.24 bits per heavy atom. The Labute approximate surface area is 150 Å². The summed E-state index contributed by atoms with van der Waals surface area (Å²) < 4.78 is 0. The van der Waals surface area contributed by atoms with Gasteiger partial charge in [0, 0.05) is 31.9 Å². The van der Waals surface area contributed by atoms with Gasteiger partial charge >= 0.3 is 0 Å². The molecule has 1 fully saturated rings. The normalized spacial score (nSPS) is 17.2. The number of benzene rings is 2. The van der Waals surface area contributed by atoms with E-state index in [0.29, 0.717) is 0 Å². The summed E-state index contributed by atoms with van der Waals surface area (Å²) in [5, 5.41) is 3.10. The van der Waals surface area contributed by atoms with Crippen molar-refractivity contribution in [3.05, 3.63) is 65.7 Å². The summed E-state index contributed by atoms with van der Waals surface area (Å²) in [5.41, 5.74) is 3.09. The van der Waals surface area contributed by atoms with Crippen molar-refractivity contribution in [2.75, 3.05) is 38.0 Å². The Morgan fingerprint density at radius 2 is 1.64 bits per heavy atom. The third kappa shape index (κ3) is 4.47. The van der Waals surface area contributed by atoms with Gasteiger partial charge in [0.2, 0.25) is 5.91 Å². The summed E-state index contributed by atoms with van der Waals surface area (Å²) in [6.07, 6.45) is 0. The largest absolute Gasteiger partial charge is 0.324 e. The third-order valence-electron chi connectivity index (χ3n) is 4.90. The molecule has 1 heterocycles. The van der Waals surface area contributed by atoms with Gasteiger partial charge in [0.05, 0.1) is 0 Å². The van der Waals surface area contributed by atoms with Crippen LogP contribution in [0.3, 0.4) is 0 Å². The Kier molecular flexibility index (Phi) is 5.84. The van der Waals surface area contributed by atoms with Crippen LogP contribution in [0, 0.1) is 6.92 Å². The van der Waals surface area contributed by atoms with Crippen LogP contribution in [0.25, 0.3) is 0 Å². The van der Waals surface area contributed by atoms with Crippen LogP contribution in [-0.2, 0) is 4.79 Å². The molecule has 1 atom stereocenters. The first-order valence-electron chi connectivity index (χ1n) is 9.06. The zero-order valence-electron chi connectivity index (χ0n) is 15.1. The van der Waals surface area contributed by atoms with Crippen LogP contribution in [0.5, 0.6) is 0 Å². The van der Waals surface area contributed by atoms with Gasteiger partial charge in [-0.05, 0) is 31.2 Å². The monoisotopic (exact) mass is 337 g/mol. The molecule has 4 nitrogen and oxygen atoms in total. The van der Waals surface area contributed by atoms with Gasteiger partial charge in [0.25, 0.3) is 0 Å². The molecule has 2 aromatic carbocycles. The number of piperazine rings is 1. The number of anilines is 1. The fourth-order valence-corrected chi connectivity index (χ4v) is 3.35. The first kappa shape index (κ1) is 17.6. The summed E-state index contributed by atoms with van der Waals surface area (Å²) in [6.45, 7) is 9.15. The molecule has 2 aromatic rings. The number of nitrogens with zero attached hydrogens (tertiary/aromatic N) is 2. The molecule has 1 N–H and O–H groups in total. The minimum Gasteiger partial charge on any atom is -0.324 e. The topological polar surface area (TPSA) is 35.6 Å². The lowest BCUT2D eigenvalue weighted by Crippen LogP contribution is -2.49. The van der Waals surface area contributed by atoms with Crippen LogP contribution < -0.4 is 5.32 Å². The molecule has 0 spiro atoms. The van der Waals surface area contributed by atoms with E-state index in [-0.39, 0.29) is 11.9 Å². The molecule has 0 aromatic heterocycles. The predicted octanol–water partition coefficient (Wildman–Crippen LogP) is 3.31. The van der Waals surface area contributed by atoms with E-state index in [4.69, 9.17) is 0 Å². The van der Waals surface area contributed by atoms with Crippen molar-refractivity contribution in [2.24, 2.45) is 0 Å². The maximum absolute atomic E-state index is 13.1. The second-order valence-electron chi connectivity index (χ2n) is 6.64. The van der Waals surface area contributed by atoms with Gasteiger partial charge in [-0.15, -0.1) is 0 Å². The average Bonchev–Trinajstić information content (AvgIpc) is 2.65. The quantitative estimate of drug-likeness (QED) is 0.909. The maximum atomic E-state index is 13.1. The van der Waals surface area contributed by atoms with Gasteiger partial charge < -0.3 is 10.2 Å². The van der Waals surface area contributed by atoms with Crippen molar-refractivity contribution in [2.45, 2.75) is 19.9 Å². The van der Waals surface area contributed by atoms with Crippen molar-refractivity contribution < 1.29 is 4.79 Å². The highest BCUT2D eigenvalue weighted by Gasteiger charge is 2.30. The smallest absolute Gasteiger partial charge is 0.246 e. The highest BCUT2D eigenvalue weighted by molar-refractivity contribution is 5.95. The van der Waals surface area contributed by atoms with Crippen LogP contribution in [0.4, 0.5) is 5.69 Å². The molecule has 1 amide bonds. The number of hydrogen-bond acceptors (Lipinski definition) is 3. The molecule has 0 saturated carbocycles. The summed E-state index contributed by atoms with van der Waals surface area (Å²) in [4.78, 5) is 17.8. The van der Waals surface area contributed by atoms with Crippen molar-refractivity contribution in [1.82, 2.24) is 9.80 Å². The van der Waals surface area contributed by atoms with Crippen LogP contribution in [0.1, 0.15) is 24.1 Å². The van der Waals surface area contributed by atoms with Crippen LogP contribution in [-0.4, -0.2) is 48.4 Å². The van der Waals surface area contributed by atoms with E-state index in [0.717, 1.165) is 44.0 Å². The molecular weight excluding hydrogens is 310 g/mol. The van der Waals surface area contributed by atoms with E-state index in [1.54, 1.807) is 0 Å². The first-order chi connectivity index (χ1) is 12.2. The molecule has 0 unspecified atom stereocenters. The second kappa shape index (κ2) is 8.28. The molecule has 3 rings (SSSR count). The number of amides is 1. The SMILES string of the molecule is CCN1CCN([C@@H](C(=O)Nc2ccc(C)cc2)c2ccccc2)CC1. The number of nitrogens with one attached hydrogen (secondary N) is 1. The van der Waals surface area contributed by atoms with Gasteiger partial charge in [-0.2, -0.15) is 0 Å². The lowest BCUT2D eigenvalue weighted by Gasteiger charge is -2.38. The number of hydrogen-bond donors (Lipinski definition) is 1. The van der Waals surface area contributed by atoms with Crippen LogP contribution >= 0.6 is 0 Å². The van der Waals surface area contributed by atoms with Crippen LogP contribution in [0.15, 0.2) is 54.6 Å². The maximum Gasteiger partial charge on any atom is 0.246 e. The Morgan fingerprint density at radius 1 is 1.00 bits per heavy atom. The first-order valence-corrected chi connectivity index (χ1v) is 9.06. The number of likely N-dealkylation sites (N-methyl/N-ethyl adjacent to an activating group) is 1. The van der Waals surface area contributed by atoms with E-state index >= 15 is 0 Å². The second-order valence-corrected chi connectivity index (χ2v) is 6.64. The minimum absolute atomic E-state index is 0.0417. The fourth-order valence-electron chi connectivity index (χ4n) is 3.35. The highest BCUT2D eigenvalue weighted by atomic mass is 16.2. The average molecular weight is 337 g/mol.